The SMILES string of the molecule is COCCC(NC(=O)C=Cc1ccc(C)o1)C(=O)O. The maximum Gasteiger partial charge on any atom is 0.326 e. The maximum atomic E-state index is 11.6. The number of carbonyl (C=O) groups is 2. The Bertz CT molecular complexity index is 463. The maximum absolute atomic E-state index is 11.6. The summed E-state index contributed by atoms with van der Waals surface area (Å²) in [5, 5.41) is 11.3. The molecule has 6 nitrogen and oxygen atoms in total. The van der Waals surface area contributed by atoms with Gasteiger partial charge in [-0.05, 0) is 25.1 Å². The Morgan fingerprint density at radius 1 is 1.53 bits per heavy atom. The fourth-order valence-electron chi connectivity index (χ4n) is 1.41. The number of aliphatic carboxylic acids is 1. The van der Waals surface area contributed by atoms with Gasteiger partial charge in [-0.3, -0.25) is 4.79 Å². The van der Waals surface area contributed by atoms with Crippen LogP contribution < -0.4 is 5.32 Å². The number of methoxy groups -OCH3 is 1. The molecule has 0 aliphatic rings. The summed E-state index contributed by atoms with van der Waals surface area (Å²) in [6.07, 6.45) is 2.93. The Balaban J connectivity index is 2.52. The van der Waals surface area contributed by atoms with Gasteiger partial charge in [-0.2, -0.15) is 0 Å². The molecule has 1 aromatic rings. The lowest BCUT2D eigenvalue weighted by Crippen LogP contribution is -2.40. The average Bonchev–Trinajstić information content (AvgIpc) is 2.77. The highest BCUT2D eigenvalue weighted by Gasteiger charge is 2.18. The second kappa shape index (κ2) is 7.38. The molecule has 0 saturated carbocycles. The summed E-state index contributed by atoms with van der Waals surface area (Å²) in [4.78, 5) is 22.5. The van der Waals surface area contributed by atoms with Crippen LogP contribution in [0.15, 0.2) is 22.6 Å². The topological polar surface area (TPSA) is 88.8 Å². The van der Waals surface area contributed by atoms with E-state index in [2.05, 4.69) is 5.32 Å². The smallest absolute Gasteiger partial charge is 0.326 e. The first-order valence-electron chi connectivity index (χ1n) is 5.79. The van der Waals surface area contributed by atoms with Gasteiger partial charge in [-0.15, -0.1) is 0 Å². The first kappa shape index (κ1) is 15.0. The van der Waals surface area contributed by atoms with E-state index in [1.54, 1.807) is 19.1 Å². The molecule has 6 heteroatoms. The fourth-order valence-corrected chi connectivity index (χ4v) is 1.41. The van der Waals surface area contributed by atoms with E-state index in [9.17, 15) is 9.59 Å². The summed E-state index contributed by atoms with van der Waals surface area (Å²) in [7, 11) is 1.47. The molecule has 0 saturated heterocycles. The second-order valence-corrected chi connectivity index (χ2v) is 3.96. The summed E-state index contributed by atoms with van der Waals surface area (Å²) in [5.74, 6) is -0.301. The Morgan fingerprint density at radius 3 is 2.79 bits per heavy atom. The zero-order valence-corrected chi connectivity index (χ0v) is 10.9. The van der Waals surface area contributed by atoms with Crippen LogP contribution in [0.2, 0.25) is 0 Å². The minimum Gasteiger partial charge on any atom is -0.480 e. The van der Waals surface area contributed by atoms with Crippen LogP contribution in [0.25, 0.3) is 6.08 Å². The van der Waals surface area contributed by atoms with E-state index < -0.39 is 17.9 Å². The number of ether oxygens (including phenoxy) is 1. The number of hydrogen-bond donors (Lipinski definition) is 2. The summed E-state index contributed by atoms with van der Waals surface area (Å²) in [6.45, 7) is 2.06. The highest BCUT2D eigenvalue weighted by Crippen LogP contribution is 2.07. The van der Waals surface area contributed by atoms with E-state index >= 15 is 0 Å². The number of carboxylic acid groups (broad SMARTS) is 1. The van der Waals surface area contributed by atoms with Crippen molar-refractivity contribution in [2.75, 3.05) is 13.7 Å². The zero-order chi connectivity index (χ0) is 14.3. The van der Waals surface area contributed by atoms with Crippen LogP contribution in [-0.2, 0) is 14.3 Å². The second-order valence-electron chi connectivity index (χ2n) is 3.96. The van der Waals surface area contributed by atoms with Gasteiger partial charge in [-0.1, -0.05) is 0 Å². The van der Waals surface area contributed by atoms with Crippen molar-refractivity contribution in [2.45, 2.75) is 19.4 Å². The highest BCUT2D eigenvalue weighted by atomic mass is 16.5. The number of hydrogen-bond acceptors (Lipinski definition) is 4. The van der Waals surface area contributed by atoms with E-state index in [0.29, 0.717) is 5.76 Å². The number of carboxylic acids is 1. The molecular formula is C13H17NO5. The number of rotatable bonds is 7. The van der Waals surface area contributed by atoms with Gasteiger partial charge in [-0.25, -0.2) is 4.79 Å². The van der Waals surface area contributed by atoms with Gasteiger partial charge < -0.3 is 19.6 Å². The van der Waals surface area contributed by atoms with Gasteiger partial charge in [0.05, 0.1) is 0 Å². The quantitative estimate of drug-likeness (QED) is 0.725. The Kier molecular flexibility index (Phi) is 5.81. The van der Waals surface area contributed by atoms with Gasteiger partial charge in [0.25, 0.3) is 0 Å². The van der Waals surface area contributed by atoms with Crippen molar-refractivity contribution < 1.29 is 23.8 Å². The minimum atomic E-state index is -1.09. The van der Waals surface area contributed by atoms with Crippen LogP contribution in [0.5, 0.6) is 0 Å². The van der Waals surface area contributed by atoms with Crippen molar-refractivity contribution in [1.82, 2.24) is 5.32 Å². The van der Waals surface area contributed by atoms with Crippen molar-refractivity contribution in [2.24, 2.45) is 0 Å². The van der Waals surface area contributed by atoms with Crippen LogP contribution in [0.3, 0.4) is 0 Å². The summed E-state index contributed by atoms with van der Waals surface area (Å²) >= 11 is 0. The van der Waals surface area contributed by atoms with E-state index in [1.165, 1.54) is 19.3 Å². The molecule has 1 amide bonds. The molecule has 1 heterocycles. The standard InChI is InChI=1S/C13H17NO5/c1-9-3-4-10(19-9)5-6-12(15)14-11(13(16)17)7-8-18-2/h3-6,11H,7-8H2,1-2H3,(H,14,15)(H,16,17). The number of carbonyl (C=O) groups excluding carboxylic acids is 1. The summed E-state index contributed by atoms with van der Waals surface area (Å²) in [6, 6.07) is 2.53. The predicted molar refractivity (Wildman–Crippen MR) is 68.5 cm³/mol. The Morgan fingerprint density at radius 2 is 2.26 bits per heavy atom. The van der Waals surface area contributed by atoms with E-state index in [-0.39, 0.29) is 13.0 Å². The molecule has 0 bridgehead atoms. The molecule has 0 aliphatic heterocycles. The largest absolute Gasteiger partial charge is 0.480 e. The molecule has 0 spiro atoms. The van der Waals surface area contributed by atoms with Crippen molar-refractivity contribution in [3.05, 3.63) is 29.7 Å². The van der Waals surface area contributed by atoms with Crippen LogP contribution in [0.1, 0.15) is 17.9 Å². The van der Waals surface area contributed by atoms with Gasteiger partial charge in [0.1, 0.15) is 17.6 Å². The van der Waals surface area contributed by atoms with Crippen LogP contribution >= 0.6 is 0 Å². The Hall–Kier alpha value is -2.08. The van der Waals surface area contributed by atoms with Gasteiger partial charge in [0.2, 0.25) is 5.91 Å². The third-order valence-corrected chi connectivity index (χ3v) is 2.39. The van der Waals surface area contributed by atoms with E-state index in [0.717, 1.165) is 5.76 Å². The van der Waals surface area contributed by atoms with E-state index in [4.69, 9.17) is 14.3 Å². The molecule has 1 rings (SSSR count). The van der Waals surface area contributed by atoms with Crippen molar-refractivity contribution in [3.63, 3.8) is 0 Å². The Labute approximate surface area is 111 Å². The number of nitrogens with one attached hydrogen (secondary N) is 1. The lowest BCUT2D eigenvalue weighted by atomic mass is 10.2. The highest BCUT2D eigenvalue weighted by molar-refractivity contribution is 5.94. The van der Waals surface area contributed by atoms with Crippen molar-refractivity contribution in [3.8, 4) is 0 Å². The van der Waals surface area contributed by atoms with Crippen LogP contribution in [-0.4, -0.2) is 36.7 Å². The van der Waals surface area contributed by atoms with Gasteiger partial charge >= 0.3 is 5.97 Å². The van der Waals surface area contributed by atoms with Gasteiger partial charge in [0.15, 0.2) is 0 Å². The van der Waals surface area contributed by atoms with E-state index in [1.807, 2.05) is 0 Å². The zero-order valence-electron chi connectivity index (χ0n) is 10.9. The van der Waals surface area contributed by atoms with Gasteiger partial charge in [0, 0.05) is 26.2 Å². The monoisotopic (exact) mass is 267 g/mol. The molecule has 1 atom stereocenters. The molecule has 1 aromatic heterocycles. The molecule has 2 N–H and O–H groups in total. The molecule has 0 aromatic carbocycles. The number of furan rings is 1. The lowest BCUT2D eigenvalue weighted by Gasteiger charge is -2.12. The molecule has 0 radical (unpaired) electrons. The van der Waals surface area contributed by atoms with Crippen molar-refractivity contribution >= 4 is 18.0 Å². The lowest BCUT2D eigenvalue weighted by molar-refractivity contribution is -0.141. The summed E-state index contributed by atoms with van der Waals surface area (Å²) < 4.78 is 10.0. The molecular weight excluding hydrogens is 250 g/mol. The van der Waals surface area contributed by atoms with Crippen molar-refractivity contribution in [1.29, 1.82) is 0 Å². The average molecular weight is 267 g/mol. The molecule has 19 heavy (non-hydrogen) atoms. The van der Waals surface area contributed by atoms with Crippen LogP contribution in [0, 0.1) is 6.92 Å². The molecule has 0 aliphatic carbocycles. The van der Waals surface area contributed by atoms with Crippen LogP contribution in [0.4, 0.5) is 0 Å². The first-order chi connectivity index (χ1) is 9.02. The first-order valence-corrected chi connectivity index (χ1v) is 5.79. The fraction of sp³-hybridized carbons (Fsp3) is 0.385. The molecule has 0 fully saturated rings. The normalized spacial score (nSPS) is 12.5. The third-order valence-electron chi connectivity index (χ3n) is 2.39. The predicted octanol–water partition coefficient (Wildman–Crippen LogP) is 1.21. The molecule has 104 valence electrons. The summed E-state index contributed by atoms with van der Waals surface area (Å²) in [5.41, 5.74) is 0. The molecule has 1 unspecified atom stereocenters. The number of aryl methyl sites for hydroxylation is 1. The number of amides is 1. The third kappa shape index (κ3) is 5.39. The minimum absolute atomic E-state index is 0.214.